The topological polar surface area (TPSA) is 68.0 Å². The Morgan fingerprint density at radius 1 is 1.26 bits per heavy atom. The van der Waals surface area contributed by atoms with Crippen LogP contribution in [0.4, 0.5) is 5.82 Å². The van der Waals surface area contributed by atoms with Gasteiger partial charge in [-0.3, -0.25) is 0 Å². The van der Waals surface area contributed by atoms with Crippen LogP contribution >= 0.6 is 0 Å². The number of nitrogens with one attached hydrogen (secondary N) is 1. The Labute approximate surface area is 112 Å². The summed E-state index contributed by atoms with van der Waals surface area (Å²) in [7, 11) is 0. The third-order valence-electron chi connectivity index (χ3n) is 3.97. The van der Waals surface area contributed by atoms with Gasteiger partial charge in [0.15, 0.2) is 5.65 Å². The van der Waals surface area contributed by atoms with Gasteiger partial charge < -0.3 is 5.32 Å². The monoisotopic (exact) mass is 260 g/mol. The van der Waals surface area contributed by atoms with Crippen molar-refractivity contribution in [1.82, 2.24) is 25.3 Å². The summed E-state index contributed by atoms with van der Waals surface area (Å²) < 4.78 is 1.46. The van der Waals surface area contributed by atoms with Crippen LogP contribution in [0.25, 0.3) is 5.65 Å². The number of aromatic nitrogens is 5. The first kappa shape index (κ1) is 12.3. The molecule has 0 aromatic carbocycles. The van der Waals surface area contributed by atoms with Crippen LogP contribution in [0.2, 0.25) is 0 Å². The standard InChI is InChI=1S/C13H20N6/c1-2-3-10-4-6-11(7-5-10)14-12-8-9-13-15-17-18-19(13)16-12/h8-11H,2-7H2,1H3,(H,14,16). The van der Waals surface area contributed by atoms with E-state index in [4.69, 9.17) is 0 Å². The summed E-state index contributed by atoms with van der Waals surface area (Å²) >= 11 is 0. The Kier molecular flexibility index (Phi) is 3.57. The van der Waals surface area contributed by atoms with Gasteiger partial charge in [-0.25, -0.2) is 0 Å². The summed E-state index contributed by atoms with van der Waals surface area (Å²) in [5.41, 5.74) is 0.678. The summed E-state index contributed by atoms with van der Waals surface area (Å²) in [6.45, 7) is 2.27. The van der Waals surface area contributed by atoms with E-state index < -0.39 is 0 Å². The Bertz CT molecular complexity index is 529. The van der Waals surface area contributed by atoms with E-state index in [1.54, 1.807) is 0 Å². The van der Waals surface area contributed by atoms with Crippen molar-refractivity contribution in [1.29, 1.82) is 0 Å². The van der Waals surface area contributed by atoms with E-state index in [9.17, 15) is 0 Å². The van der Waals surface area contributed by atoms with Crippen molar-refractivity contribution < 1.29 is 0 Å². The SMILES string of the molecule is CCCC1CCC(Nc2ccc3nnnn3n2)CC1. The molecule has 3 rings (SSSR count). The van der Waals surface area contributed by atoms with E-state index in [0.717, 1.165) is 11.7 Å². The molecule has 6 nitrogen and oxygen atoms in total. The molecule has 1 fully saturated rings. The van der Waals surface area contributed by atoms with E-state index in [2.05, 4.69) is 32.9 Å². The van der Waals surface area contributed by atoms with Crippen molar-refractivity contribution in [2.24, 2.45) is 5.92 Å². The number of fused-ring (bicyclic) bond motifs is 1. The summed E-state index contributed by atoms with van der Waals surface area (Å²) in [6.07, 6.45) is 7.82. The smallest absolute Gasteiger partial charge is 0.200 e. The van der Waals surface area contributed by atoms with Gasteiger partial charge in [-0.05, 0) is 54.2 Å². The summed E-state index contributed by atoms with van der Waals surface area (Å²) in [6, 6.07) is 4.37. The van der Waals surface area contributed by atoms with Gasteiger partial charge in [-0.1, -0.05) is 19.8 Å². The lowest BCUT2D eigenvalue weighted by molar-refractivity contribution is 0.318. The third kappa shape index (κ3) is 2.83. The molecule has 0 amide bonds. The molecule has 102 valence electrons. The van der Waals surface area contributed by atoms with Gasteiger partial charge >= 0.3 is 0 Å². The van der Waals surface area contributed by atoms with E-state index >= 15 is 0 Å². The van der Waals surface area contributed by atoms with Crippen LogP contribution in [0, 0.1) is 5.92 Å². The van der Waals surface area contributed by atoms with E-state index in [-0.39, 0.29) is 0 Å². The molecule has 0 saturated heterocycles. The maximum atomic E-state index is 4.35. The highest BCUT2D eigenvalue weighted by molar-refractivity contribution is 5.42. The van der Waals surface area contributed by atoms with Crippen LogP contribution in [0.15, 0.2) is 12.1 Å². The van der Waals surface area contributed by atoms with E-state index in [0.29, 0.717) is 11.7 Å². The fourth-order valence-corrected chi connectivity index (χ4v) is 2.94. The zero-order chi connectivity index (χ0) is 13.1. The lowest BCUT2D eigenvalue weighted by Crippen LogP contribution is -2.26. The van der Waals surface area contributed by atoms with Crippen molar-refractivity contribution in [3.05, 3.63) is 12.1 Å². The highest BCUT2D eigenvalue weighted by Crippen LogP contribution is 2.29. The fraction of sp³-hybridized carbons (Fsp3) is 0.692. The molecule has 0 bridgehead atoms. The Balaban J connectivity index is 1.59. The van der Waals surface area contributed by atoms with Gasteiger partial charge in [-0.2, -0.15) is 0 Å². The first-order valence-electron chi connectivity index (χ1n) is 7.17. The zero-order valence-corrected chi connectivity index (χ0v) is 11.3. The van der Waals surface area contributed by atoms with E-state index in [1.165, 1.54) is 43.2 Å². The number of anilines is 1. The molecule has 2 aromatic heterocycles. The van der Waals surface area contributed by atoms with Crippen LogP contribution in [0.3, 0.4) is 0 Å². The lowest BCUT2D eigenvalue weighted by Gasteiger charge is -2.29. The highest BCUT2D eigenvalue weighted by Gasteiger charge is 2.20. The Hall–Kier alpha value is -1.72. The average molecular weight is 260 g/mol. The largest absolute Gasteiger partial charge is 0.366 e. The molecule has 0 unspecified atom stereocenters. The van der Waals surface area contributed by atoms with E-state index in [1.807, 2.05) is 12.1 Å². The minimum Gasteiger partial charge on any atom is -0.366 e. The Morgan fingerprint density at radius 2 is 2.11 bits per heavy atom. The number of hydrogen-bond acceptors (Lipinski definition) is 5. The average Bonchev–Trinajstić information content (AvgIpc) is 2.89. The zero-order valence-electron chi connectivity index (χ0n) is 11.3. The van der Waals surface area contributed by atoms with Gasteiger partial charge in [0.25, 0.3) is 0 Å². The number of rotatable bonds is 4. The molecule has 1 saturated carbocycles. The van der Waals surface area contributed by atoms with Crippen LogP contribution in [0.1, 0.15) is 45.4 Å². The van der Waals surface area contributed by atoms with Gasteiger partial charge in [0.1, 0.15) is 5.82 Å². The third-order valence-corrected chi connectivity index (χ3v) is 3.97. The maximum Gasteiger partial charge on any atom is 0.200 e. The molecule has 2 heterocycles. The van der Waals surface area contributed by atoms with Crippen LogP contribution < -0.4 is 5.32 Å². The van der Waals surface area contributed by atoms with Crippen LogP contribution in [-0.4, -0.2) is 31.3 Å². The number of hydrogen-bond donors (Lipinski definition) is 1. The van der Waals surface area contributed by atoms with Crippen molar-refractivity contribution >= 4 is 11.5 Å². The van der Waals surface area contributed by atoms with Crippen molar-refractivity contribution in [3.63, 3.8) is 0 Å². The quantitative estimate of drug-likeness (QED) is 0.913. The second kappa shape index (κ2) is 5.50. The Morgan fingerprint density at radius 3 is 2.89 bits per heavy atom. The molecule has 19 heavy (non-hydrogen) atoms. The normalized spacial score (nSPS) is 23.6. The van der Waals surface area contributed by atoms with Gasteiger partial charge in [0, 0.05) is 6.04 Å². The molecule has 1 N–H and O–H groups in total. The first-order valence-corrected chi connectivity index (χ1v) is 7.17. The molecule has 0 aliphatic heterocycles. The molecular formula is C13H20N6. The van der Waals surface area contributed by atoms with Gasteiger partial charge in [-0.15, -0.1) is 14.8 Å². The van der Waals surface area contributed by atoms with Gasteiger partial charge in [0.05, 0.1) is 0 Å². The maximum absolute atomic E-state index is 4.35. The number of nitrogens with zero attached hydrogens (tertiary/aromatic N) is 5. The summed E-state index contributed by atoms with van der Waals surface area (Å²) in [5, 5.41) is 19.1. The predicted octanol–water partition coefficient (Wildman–Crippen LogP) is 2.29. The van der Waals surface area contributed by atoms with Crippen molar-refractivity contribution in [2.75, 3.05) is 5.32 Å². The molecular weight excluding hydrogens is 240 g/mol. The van der Waals surface area contributed by atoms with Crippen molar-refractivity contribution in [2.45, 2.75) is 51.5 Å². The highest BCUT2D eigenvalue weighted by atomic mass is 15.6. The first-order chi connectivity index (χ1) is 9.35. The number of tetrazole rings is 1. The molecule has 2 aromatic rings. The van der Waals surface area contributed by atoms with Crippen LogP contribution in [0.5, 0.6) is 0 Å². The fourth-order valence-electron chi connectivity index (χ4n) is 2.94. The molecule has 6 heteroatoms. The lowest BCUT2D eigenvalue weighted by atomic mass is 9.83. The molecule has 1 aliphatic rings. The molecule has 1 aliphatic carbocycles. The minimum absolute atomic E-state index is 0.537. The second-order valence-corrected chi connectivity index (χ2v) is 5.40. The predicted molar refractivity (Wildman–Crippen MR) is 72.9 cm³/mol. The van der Waals surface area contributed by atoms with Crippen LogP contribution in [-0.2, 0) is 0 Å². The minimum atomic E-state index is 0.537. The molecule has 0 atom stereocenters. The van der Waals surface area contributed by atoms with Crippen molar-refractivity contribution in [3.8, 4) is 0 Å². The second-order valence-electron chi connectivity index (χ2n) is 5.40. The summed E-state index contributed by atoms with van der Waals surface area (Å²) in [5.74, 6) is 1.79. The van der Waals surface area contributed by atoms with Gasteiger partial charge in [0.2, 0.25) is 0 Å². The summed E-state index contributed by atoms with van der Waals surface area (Å²) in [4.78, 5) is 0. The molecule has 0 spiro atoms. The molecule has 0 radical (unpaired) electrons.